The maximum absolute atomic E-state index is 6.69. The summed E-state index contributed by atoms with van der Waals surface area (Å²) < 4.78 is 6.69. The number of hydrogen-bond donors (Lipinski definition) is 0. The zero-order valence-corrected chi connectivity index (χ0v) is 23.7. The molecule has 8 rings (SSSR count). The number of hydrogen-bond acceptors (Lipinski definition) is 5. The lowest BCUT2D eigenvalue weighted by atomic mass is 10.0. The molecular weight excluding hydrogens is 540 g/mol. The summed E-state index contributed by atoms with van der Waals surface area (Å²) in [6.45, 7) is 0. The third-order valence-electron chi connectivity index (χ3n) is 7.71. The Balaban J connectivity index is 1.37. The van der Waals surface area contributed by atoms with Gasteiger partial charge in [0.25, 0.3) is 0 Å². The molecule has 208 valence electrons. The summed E-state index contributed by atoms with van der Waals surface area (Å²) in [7, 11) is 0. The summed E-state index contributed by atoms with van der Waals surface area (Å²) in [6, 6.07) is 53.2. The summed E-state index contributed by atoms with van der Waals surface area (Å²) in [5.74, 6) is 1.85. The lowest BCUT2D eigenvalue weighted by molar-refractivity contribution is 0.669. The summed E-state index contributed by atoms with van der Waals surface area (Å²) in [4.78, 5) is 17.1. The number of rotatable bonds is 6. The van der Waals surface area contributed by atoms with E-state index in [2.05, 4.69) is 77.7 Å². The summed E-state index contributed by atoms with van der Waals surface area (Å²) in [5, 5.41) is 1.96. The van der Waals surface area contributed by atoms with Crippen molar-refractivity contribution in [2.75, 3.05) is 4.90 Å². The fraction of sp³-hybridized carbons (Fsp3) is 0. The Bertz CT molecular complexity index is 2120. The van der Waals surface area contributed by atoms with Gasteiger partial charge >= 0.3 is 0 Å². The first-order valence-corrected chi connectivity index (χ1v) is 14.6. The van der Waals surface area contributed by atoms with Crippen molar-refractivity contribution in [3.8, 4) is 34.2 Å². The van der Waals surface area contributed by atoms with Crippen LogP contribution in [-0.4, -0.2) is 15.0 Å². The first kappa shape index (κ1) is 25.6. The Labute approximate surface area is 254 Å². The fourth-order valence-electron chi connectivity index (χ4n) is 5.71. The van der Waals surface area contributed by atoms with E-state index in [0.29, 0.717) is 17.5 Å². The van der Waals surface area contributed by atoms with Crippen LogP contribution in [0.3, 0.4) is 0 Å². The van der Waals surface area contributed by atoms with Gasteiger partial charge in [-0.3, -0.25) is 0 Å². The molecule has 0 amide bonds. The molecule has 0 unspecified atom stereocenters. The lowest BCUT2D eigenvalue weighted by Gasteiger charge is -2.25. The maximum Gasteiger partial charge on any atom is 0.164 e. The Kier molecular flexibility index (Phi) is 6.39. The van der Waals surface area contributed by atoms with Crippen LogP contribution in [-0.2, 0) is 0 Å². The summed E-state index contributed by atoms with van der Waals surface area (Å²) in [5.41, 5.74) is 7.36. The van der Waals surface area contributed by atoms with Crippen molar-refractivity contribution in [1.29, 1.82) is 0 Å². The molecule has 0 saturated heterocycles. The van der Waals surface area contributed by atoms with Gasteiger partial charge in [-0.2, -0.15) is 0 Å². The molecule has 2 aromatic heterocycles. The van der Waals surface area contributed by atoms with Crippen LogP contribution in [0, 0.1) is 0 Å². The van der Waals surface area contributed by atoms with Crippen LogP contribution in [0.25, 0.3) is 56.1 Å². The summed E-state index contributed by atoms with van der Waals surface area (Å²) >= 11 is 0. The number of furan rings is 1. The number of anilines is 3. The average Bonchev–Trinajstić information content (AvgIpc) is 3.50. The second-order valence-corrected chi connectivity index (χ2v) is 10.5. The quantitative estimate of drug-likeness (QED) is 0.200. The molecule has 0 spiro atoms. The summed E-state index contributed by atoms with van der Waals surface area (Å²) in [6.07, 6.45) is 0. The topological polar surface area (TPSA) is 55.1 Å². The molecule has 0 radical (unpaired) electrons. The SMILES string of the molecule is c1ccc(-c2nc(-c3ccccc3)nc(-c3cccc4oc5c(N(c6ccccc6)c6ccccc6)cccc5c34)n2)cc1. The minimum atomic E-state index is 0.597. The van der Waals surface area contributed by atoms with Gasteiger partial charge in [-0.1, -0.05) is 121 Å². The van der Waals surface area contributed by atoms with Crippen LogP contribution in [0.5, 0.6) is 0 Å². The number of benzene rings is 6. The molecule has 0 atom stereocenters. The van der Waals surface area contributed by atoms with E-state index < -0.39 is 0 Å². The van der Waals surface area contributed by atoms with Crippen LogP contribution in [0.15, 0.2) is 162 Å². The Hall–Kier alpha value is -6.07. The highest BCUT2D eigenvalue weighted by Gasteiger charge is 2.22. The van der Waals surface area contributed by atoms with Crippen LogP contribution in [0.1, 0.15) is 0 Å². The Morgan fingerprint density at radius 1 is 0.432 bits per heavy atom. The molecule has 0 aliphatic rings. The molecular formula is C39H26N4O. The highest BCUT2D eigenvalue weighted by atomic mass is 16.3. The number of para-hydroxylation sites is 3. The highest BCUT2D eigenvalue weighted by Crippen LogP contribution is 2.44. The van der Waals surface area contributed by atoms with Crippen molar-refractivity contribution in [2.45, 2.75) is 0 Å². The average molecular weight is 567 g/mol. The normalized spacial score (nSPS) is 11.2. The molecule has 8 aromatic rings. The molecule has 6 aromatic carbocycles. The van der Waals surface area contributed by atoms with Gasteiger partial charge in [-0.05, 0) is 36.4 Å². The lowest BCUT2D eigenvalue weighted by Crippen LogP contribution is -2.09. The minimum absolute atomic E-state index is 0.597. The molecule has 0 bridgehead atoms. The van der Waals surface area contributed by atoms with Crippen molar-refractivity contribution >= 4 is 39.0 Å². The zero-order chi connectivity index (χ0) is 29.3. The second-order valence-electron chi connectivity index (χ2n) is 10.5. The number of aromatic nitrogens is 3. The smallest absolute Gasteiger partial charge is 0.164 e. The molecule has 2 heterocycles. The Morgan fingerprint density at radius 2 is 0.932 bits per heavy atom. The number of fused-ring (bicyclic) bond motifs is 3. The molecule has 0 N–H and O–H groups in total. The number of nitrogens with zero attached hydrogens (tertiary/aromatic N) is 4. The highest BCUT2D eigenvalue weighted by molar-refractivity contribution is 6.15. The van der Waals surface area contributed by atoms with Crippen molar-refractivity contribution in [1.82, 2.24) is 15.0 Å². The zero-order valence-electron chi connectivity index (χ0n) is 23.7. The minimum Gasteiger partial charge on any atom is -0.454 e. The van der Waals surface area contributed by atoms with Crippen LogP contribution < -0.4 is 4.90 Å². The van der Waals surface area contributed by atoms with Gasteiger partial charge in [-0.15, -0.1) is 0 Å². The molecule has 0 saturated carbocycles. The fourth-order valence-corrected chi connectivity index (χ4v) is 5.71. The van der Waals surface area contributed by atoms with E-state index in [9.17, 15) is 0 Å². The van der Waals surface area contributed by atoms with Gasteiger partial charge in [-0.25, -0.2) is 15.0 Å². The molecule has 0 aliphatic carbocycles. The van der Waals surface area contributed by atoms with Crippen LogP contribution >= 0.6 is 0 Å². The van der Waals surface area contributed by atoms with Gasteiger partial charge in [0.1, 0.15) is 5.58 Å². The standard InChI is InChI=1S/C39H26N4O/c1-5-15-27(16-6-1)37-40-38(28-17-7-2-8-18-28)42-39(41-37)32-24-14-26-34-35(32)31-23-13-25-33(36(31)44-34)43(29-19-9-3-10-20-29)30-21-11-4-12-22-30/h1-26H. The molecule has 0 aliphatic heterocycles. The first-order chi connectivity index (χ1) is 21.8. The predicted molar refractivity (Wildman–Crippen MR) is 178 cm³/mol. The third-order valence-corrected chi connectivity index (χ3v) is 7.71. The molecule has 44 heavy (non-hydrogen) atoms. The van der Waals surface area contributed by atoms with E-state index in [1.807, 2.05) is 84.9 Å². The van der Waals surface area contributed by atoms with Crippen LogP contribution in [0.2, 0.25) is 0 Å². The predicted octanol–water partition coefficient (Wildman–Crippen LogP) is 10.2. The van der Waals surface area contributed by atoms with Crippen molar-refractivity contribution in [3.05, 3.63) is 158 Å². The molecule has 5 heteroatoms. The van der Waals surface area contributed by atoms with Gasteiger partial charge in [0, 0.05) is 38.8 Å². The van der Waals surface area contributed by atoms with Crippen molar-refractivity contribution < 1.29 is 4.42 Å². The Morgan fingerprint density at radius 3 is 1.50 bits per heavy atom. The second kappa shape index (κ2) is 11.0. The van der Waals surface area contributed by atoms with E-state index in [4.69, 9.17) is 19.4 Å². The molecule has 5 nitrogen and oxygen atoms in total. The molecule has 0 fully saturated rings. The van der Waals surface area contributed by atoms with Gasteiger partial charge in [0.2, 0.25) is 0 Å². The van der Waals surface area contributed by atoms with Gasteiger partial charge in [0.05, 0.1) is 5.69 Å². The van der Waals surface area contributed by atoms with E-state index >= 15 is 0 Å². The van der Waals surface area contributed by atoms with Gasteiger partial charge < -0.3 is 9.32 Å². The maximum atomic E-state index is 6.69. The van der Waals surface area contributed by atoms with Gasteiger partial charge in [0.15, 0.2) is 23.1 Å². The van der Waals surface area contributed by atoms with E-state index in [-0.39, 0.29) is 0 Å². The van der Waals surface area contributed by atoms with E-state index in [1.165, 1.54) is 0 Å². The monoisotopic (exact) mass is 566 g/mol. The third kappa shape index (κ3) is 4.57. The van der Waals surface area contributed by atoms with Crippen molar-refractivity contribution in [2.24, 2.45) is 0 Å². The van der Waals surface area contributed by atoms with Crippen molar-refractivity contribution in [3.63, 3.8) is 0 Å². The van der Waals surface area contributed by atoms with Crippen LogP contribution in [0.4, 0.5) is 17.1 Å². The first-order valence-electron chi connectivity index (χ1n) is 14.6. The van der Waals surface area contributed by atoms with E-state index in [0.717, 1.165) is 55.7 Å². The largest absolute Gasteiger partial charge is 0.454 e. The van der Waals surface area contributed by atoms with E-state index in [1.54, 1.807) is 0 Å².